The van der Waals surface area contributed by atoms with Crippen molar-refractivity contribution in [3.05, 3.63) is 0 Å². The quantitative estimate of drug-likeness (QED) is 0.452. The number of rotatable bonds is 6. The summed E-state index contributed by atoms with van der Waals surface area (Å²) in [4.78, 5) is 20.6. The molecule has 0 aliphatic rings. The predicted octanol–water partition coefficient (Wildman–Crippen LogP) is 0.457. The van der Waals surface area contributed by atoms with Crippen LogP contribution in [-0.4, -0.2) is 30.1 Å². The van der Waals surface area contributed by atoms with Crippen molar-refractivity contribution in [2.75, 3.05) is 13.2 Å². The lowest BCUT2D eigenvalue weighted by Crippen LogP contribution is -2.09. The molecule has 0 aromatic heterocycles. The lowest BCUT2D eigenvalue weighted by atomic mass is 10.2. The SMILES string of the molecule is CCOCCC(=O)CC(=O)O. The molecule has 0 heterocycles. The van der Waals surface area contributed by atoms with Gasteiger partial charge in [-0.05, 0) is 6.92 Å². The molecule has 4 nitrogen and oxygen atoms in total. The van der Waals surface area contributed by atoms with E-state index in [4.69, 9.17) is 9.84 Å². The van der Waals surface area contributed by atoms with Gasteiger partial charge in [-0.2, -0.15) is 0 Å². The van der Waals surface area contributed by atoms with Crippen molar-refractivity contribution >= 4 is 11.8 Å². The maximum absolute atomic E-state index is 10.7. The van der Waals surface area contributed by atoms with Crippen LogP contribution in [0.2, 0.25) is 0 Å². The molecular weight excluding hydrogens is 148 g/mol. The second-order valence-corrected chi connectivity index (χ2v) is 2.06. The summed E-state index contributed by atoms with van der Waals surface area (Å²) in [6.07, 6.45) is -0.201. The molecule has 0 fully saturated rings. The van der Waals surface area contributed by atoms with Crippen LogP contribution in [0.4, 0.5) is 0 Å². The van der Waals surface area contributed by atoms with E-state index in [1.165, 1.54) is 0 Å². The second-order valence-electron chi connectivity index (χ2n) is 2.06. The summed E-state index contributed by atoms with van der Waals surface area (Å²) in [5.41, 5.74) is 0. The molecule has 0 aromatic carbocycles. The van der Waals surface area contributed by atoms with Gasteiger partial charge >= 0.3 is 5.97 Å². The van der Waals surface area contributed by atoms with Gasteiger partial charge in [-0.25, -0.2) is 0 Å². The van der Waals surface area contributed by atoms with Gasteiger partial charge in [0.05, 0.1) is 6.61 Å². The number of carbonyl (C=O) groups is 2. The average Bonchev–Trinajstić information content (AvgIpc) is 1.86. The molecule has 0 aromatic rings. The van der Waals surface area contributed by atoms with Crippen LogP contribution in [0.1, 0.15) is 19.8 Å². The standard InChI is InChI=1S/C7H12O4/c1-2-11-4-3-6(8)5-7(9)10/h2-5H2,1H3,(H,9,10). The smallest absolute Gasteiger partial charge is 0.310 e. The van der Waals surface area contributed by atoms with E-state index in [0.29, 0.717) is 13.2 Å². The van der Waals surface area contributed by atoms with Crippen LogP contribution in [0, 0.1) is 0 Å². The fourth-order valence-corrected chi connectivity index (χ4v) is 0.587. The number of Topliss-reactive ketones (excluding diaryl/α,β-unsaturated/α-hetero) is 1. The molecule has 0 saturated carbocycles. The Balaban J connectivity index is 3.30. The third-order valence-electron chi connectivity index (χ3n) is 1.08. The number of aliphatic carboxylic acids is 1. The van der Waals surface area contributed by atoms with Crippen molar-refractivity contribution in [3.8, 4) is 0 Å². The number of carboxylic acid groups (broad SMARTS) is 1. The minimum atomic E-state index is -1.08. The number of hydrogen-bond acceptors (Lipinski definition) is 3. The van der Waals surface area contributed by atoms with E-state index >= 15 is 0 Å². The minimum absolute atomic E-state index is 0.195. The molecule has 0 rings (SSSR count). The Labute approximate surface area is 65.2 Å². The average molecular weight is 160 g/mol. The summed E-state index contributed by atoms with van der Waals surface area (Å²) in [5, 5.41) is 8.18. The highest BCUT2D eigenvalue weighted by Gasteiger charge is 2.06. The van der Waals surface area contributed by atoms with E-state index < -0.39 is 12.4 Å². The lowest BCUT2D eigenvalue weighted by molar-refractivity contribution is -0.140. The topological polar surface area (TPSA) is 63.6 Å². The van der Waals surface area contributed by atoms with Gasteiger partial charge in [-0.15, -0.1) is 0 Å². The van der Waals surface area contributed by atoms with Gasteiger partial charge in [0.15, 0.2) is 0 Å². The molecule has 0 atom stereocenters. The summed E-state index contributed by atoms with van der Waals surface area (Å²) in [5.74, 6) is -1.36. The number of carboxylic acids is 1. The summed E-state index contributed by atoms with van der Waals surface area (Å²) >= 11 is 0. The first-order chi connectivity index (χ1) is 5.16. The third kappa shape index (κ3) is 6.99. The van der Waals surface area contributed by atoms with Gasteiger partial charge in [0.25, 0.3) is 0 Å². The molecular formula is C7H12O4. The van der Waals surface area contributed by atoms with Crippen molar-refractivity contribution in [2.24, 2.45) is 0 Å². The van der Waals surface area contributed by atoms with Crippen molar-refractivity contribution in [2.45, 2.75) is 19.8 Å². The van der Waals surface area contributed by atoms with Gasteiger partial charge in [0, 0.05) is 13.0 Å². The Morgan fingerprint density at radius 2 is 2.09 bits per heavy atom. The van der Waals surface area contributed by atoms with E-state index in [9.17, 15) is 9.59 Å². The van der Waals surface area contributed by atoms with Gasteiger partial charge in [0.2, 0.25) is 0 Å². The Hall–Kier alpha value is -0.900. The minimum Gasteiger partial charge on any atom is -0.481 e. The molecule has 0 bridgehead atoms. The summed E-state index contributed by atoms with van der Waals surface area (Å²) < 4.78 is 4.87. The molecule has 64 valence electrons. The van der Waals surface area contributed by atoms with Gasteiger partial charge in [0.1, 0.15) is 12.2 Å². The zero-order chi connectivity index (χ0) is 8.69. The van der Waals surface area contributed by atoms with Crippen LogP contribution in [0.5, 0.6) is 0 Å². The normalized spacial score (nSPS) is 9.55. The Kier molecular flexibility index (Phi) is 5.37. The molecule has 0 radical (unpaired) electrons. The maximum atomic E-state index is 10.7. The molecule has 1 N–H and O–H groups in total. The zero-order valence-electron chi connectivity index (χ0n) is 6.50. The monoisotopic (exact) mass is 160 g/mol. The van der Waals surface area contributed by atoms with Crippen LogP contribution in [-0.2, 0) is 14.3 Å². The first-order valence-electron chi connectivity index (χ1n) is 3.48. The van der Waals surface area contributed by atoms with Crippen LogP contribution in [0.15, 0.2) is 0 Å². The maximum Gasteiger partial charge on any atom is 0.310 e. The molecule has 0 saturated heterocycles. The molecule has 0 spiro atoms. The molecule has 11 heavy (non-hydrogen) atoms. The molecule has 4 heteroatoms. The largest absolute Gasteiger partial charge is 0.481 e. The number of ketones is 1. The Morgan fingerprint density at radius 3 is 2.55 bits per heavy atom. The van der Waals surface area contributed by atoms with Crippen LogP contribution in [0.3, 0.4) is 0 Å². The highest BCUT2D eigenvalue weighted by Crippen LogP contribution is 1.90. The molecule has 0 unspecified atom stereocenters. The van der Waals surface area contributed by atoms with Crippen LogP contribution < -0.4 is 0 Å². The fraction of sp³-hybridized carbons (Fsp3) is 0.714. The number of carbonyl (C=O) groups excluding carboxylic acids is 1. The van der Waals surface area contributed by atoms with Gasteiger partial charge in [-0.3, -0.25) is 9.59 Å². The van der Waals surface area contributed by atoms with Gasteiger partial charge < -0.3 is 9.84 Å². The highest BCUT2D eigenvalue weighted by molar-refractivity contribution is 5.94. The molecule has 0 amide bonds. The zero-order valence-corrected chi connectivity index (χ0v) is 6.50. The number of hydrogen-bond donors (Lipinski definition) is 1. The second kappa shape index (κ2) is 5.85. The summed E-state index contributed by atoms with van der Waals surface area (Å²) in [7, 11) is 0. The summed E-state index contributed by atoms with van der Waals surface area (Å²) in [6, 6.07) is 0. The van der Waals surface area contributed by atoms with E-state index in [1.807, 2.05) is 6.92 Å². The molecule has 0 aliphatic carbocycles. The predicted molar refractivity (Wildman–Crippen MR) is 38.4 cm³/mol. The van der Waals surface area contributed by atoms with Crippen molar-refractivity contribution in [3.63, 3.8) is 0 Å². The van der Waals surface area contributed by atoms with Crippen molar-refractivity contribution < 1.29 is 19.4 Å². The summed E-state index contributed by atoms with van der Waals surface area (Å²) in [6.45, 7) is 2.70. The first kappa shape index (κ1) is 10.1. The van der Waals surface area contributed by atoms with Crippen molar-refractivity contribution in [1.82, 2.24) is 0 Å². The Bertz CT molecular complexity index is 141. The highest BCUT2D eigenvalue weighted by atomic mass is 16.5. The molecule has 0 aliphatic heterocycles. The van der Waals surface area contributed by atoms with Crippen LogP contribution in [0.25, 0.3) is 0 Å². The third-order valence-corrected chi connectivity index (χ3v) is 1.08. The van der Waals surface area contributed by atoms with Crippen LogP contribution >= 0.6 is 0 Å². The van der Waals surface area contributed by atoms with E-state index in [-0.39, 0.29) is 12.2 Å². The van der Waals surface area contributed by atoms with E-state index in [0.717, 1.165) is 0 Å². The van der Waals surface area contributed by atoms with E-state index in [2.05, 4.69) is 0 Å². The van der Waals surface area contributed by atoms with Gasteiger partial charge in [-0.1, -0.05) is 0 Å². The first-order valence-corrected chi connectivity index (χ1v) is 3.48. The Morgan fingerprint density at radius 1 is 1.45 bits per heavy atom. The van der Waals surface area contributed by atoms with Crippen molar-refractivity contribution in [1.29, 1.82) is 0 Å². The van der Waals surface area contributed by atoms with E-state index in [1.54, 1.807) is 0 Å². The lowest BCUT2D eigenvalue weighted by Gasteiger charge is -1.97. The number of ether oxygens (including phenoxy) is 1. The fourth-order valence-electron chi connectivity index (χ4n) is 0.587.